The molecule has 0 unspecified atom stereocenters. The number of anilines is 1. The number of nitrogens with zero attached hydrogens (tertiary/aromatic N) is 2. The van der Waals surface area contributed by atoms with E-state index in [-0.39, 0.29) is 23.5 Å². The molecule has 0 fully saturated rings. The topological polar surface area (TPSA) is 94.2 Å². The molecule has 7 nitrogen and oxygen atoms in total. The smallest absolute Gasteiger partial charge is 0.271 e. The second-order valence-corrected chi connectivity index (χ2v) is 5.35. The molecule has 0 bridgehead atoms. The molecule has 0 saturated carbocycles. The molecule has 25 heavy (non-hydrogen) atoms. The summed E-state index contributed by atoms with van der Waals surface area (Å²) in [5.74, 6) is -0.909. The van der Waals surface area contributed by atoms with Gasteiger partial charge >= 0.3 is 0 Å². The number of benzene rings is 2. The Morgan fingerprint density at radius 1 is 1.28 bits per heavy atom. The molecule has 8 heteroatoms. The Balaban J connectivity index is 1.84. The number of carbonyl (C=O) groups excluding carboxylic acids is 2. The van der Waals surface area contributed by atoms with Crippen LogP contribution in [0.3, 0.4) is 0 Å². The van der Waals surface area contributed by atoms with Gasteiger partial charge in [-0.2, -0.15) is 0 Å². The zero-order valence-electron chi connectivity index (χ0n) is 12.8. The average Bonchev–Trinajstić information content (AvgIpc) is 2.91. The molecule has 3 aromatic rings. The summed E-state index contributed by atoms with van der Waals surface area (Å²) in [6.45, 7) is -0.126. The van der Waals surface area contributed by atoms with Crippen LogP contribution in [-0.2, 0) is 11.3 Å². The summed E-state index contributed by atoms with van der Waals surface area (Å²) in [7, 11) is 0. The number of aromatic nitrogens is 1. The number of fused-ring (bicyclic) bond motifs is 1. The van der Waals surface area contributed by atoms with Crippen LogP contribution in [0.4, 0.5) is 15.8 Å². The first-order valence-corrected chi connectivity index (χ1v) is 7.26. The summed E-state index contributed by atoms with van der Waals surface area (Å²) in [4.78, 5) is 33.5. The fourth-order valence-electron chi connectivity index (χ4n) is 2.57. The Morgan fingerprint density at radius 2 is 2.08 bits per heavy atom. The van der Waals surface area contributed by atoms with Crippen LogP contribution in [0, 0.1) is 15.9 Å². The van der Waals surface area contributed by atoms with E-state index in [0.717, 1.165) is 0 Å². The maximum atomic E-state index is 13.4. The number of carbonyl (C=O) groups is 2. The number of amides is 1. The summed E-state index contributed by atoms with van der Waals surface area (Å²) in [5, 5.41) is 13.7. The van der Waals surface area contributed by atoms with E-state index in [2.05, 4.69) is 5.32 Å². The molecule has 0 radical (unpaired) electrons. The van der Waals surface area contributed by atoms with Gasteiger partial charge in [-0.25, -0.2) is 4.39 Å². The fourth-order valence-corrected chi connectivity index (χ4v) is 2.57. The second kappa shape index (κ2) is 6.52. The van der Waals surface area contributed by atoms with Crippen LogP contribution in [-0.4, -0.2) is 21.7 Å². The van der Waals surface area contributed by atoms with Gasteiger partial charge < -0.3 is 9.88 Å². The van der Waals surface area contributed by atoms with E-state index in [1.165, 1.54) is 53.2 Å². The third-order valence-corrected chi connectivity index (χ3v) is 3.66. The number of halogens is 1. The Kier molecular flexibility index (Phi) is 4.25. The quantitative estimate of drug-likeness (QED) is 0.438. The number of nitro benzene ring substituents is 1. The van der Waals surface area contributed by atoms with Gasteiger partial charge in [-0.05, 0) is 24.3 Å². The number of non-ortho nitro benzene ring substituents is 1. The van der Waals surface area contributed by atoms with Crippen molar-refractivity contribution in [3.05, 3.63) is 70.2 Å². The molecular weight excluding hydrogens is 329 g/mol. The molecule has 1 heterocycles. The first-order valence-electron chi connectivity index (χ1n) is 7.26. The summed E-state index contributed by atoms with van der Waals surface area (Å²) < 4.78 is 14.9. The minimum Gasteiger partial charge on any atom is -0.337 e. The van der Waals surface area contributed by atoms with Gasteiger partial charge in [0.25, 0.3) is 5.69 Å². The minimum atomic E-state index is -0.556. The van der Waals surface area contributed by atoms with Gasteiger partial charge in [0.1, 0.15) is 12.4 Å². The SMILES string of the molecule is O=Cc1cn(CC(=O)Nc2cccc([N+](=O)[O-])c2)c2ccc(F)cc12. The monoisotopic (exact) mass is 341 g/mol. The van der Waals surface area contributed by atoms with Crippen molar-refractivity contribution in [2.45, 2.75) is 6.54 Å². The molecule has 1 aromatic heterocycles. The molecule has 0 aliphatic rings. The van der Waals surface area contributed by atoms with E-state index in [0.29, 0.717) is 17.2 Å². The number of aldehydes is 1. The Bertz CT molecular complexity index is 997. The fraction of sp³-hybridized carbons (Fsp3) is 0.0588. The predicted octanol–water partition coefficient (Wildman–Crippen LogP) is 3.14. The van der Waals surface area contributed by atoms with Crippen molar-refractivity contribution in [3.63, 3.8) is 0 Å². The van der Waals surface area contributed by atoms with E-state index in [1.807, 2.05) is 0 Å². The summed E-state index contributed by atoms with van der Waals surface area (Å²) in [6.07, 6.45) is 2.06. The van der Waals surface area contributed by atoms with Crippen molar-refractivity contribution in [2.75, 3.05) is 5.32 Å². The molecular formula is C17H12FN3O4. The highest BCUT2D eigenvalue weighted by Crippen LogP contribution is 2.22. The molecule has 2 aromatic carbocycles. The first kappa shape index (κ1) is 16.3. The minimum absolute atomic E-state index is 0.126. The van der Waals surface area contributed by atoms with Gasteiger partial charge in [0.15, 0.2) is 6.29 Å². The third kappa shape index (κ3) is 3.37. The van der Waals surface area contributed by atoms with Crippen molar-refractivity contribution >= 4 is 34.5 Å². The molecule has 0 atom stereocenters. The highest BCUT2D eigenvalue weighted by atomic mass is 19.1. The predicted molar refractivity (Wildman–Crippen MR) is 89.0 cm³/mol. The summed E-state index contributed by atoms with van der Waals surface area (Å²) >= 11 is 0. The number of nitrogens with one attached hydrogen (secondary N) is 1. The molecule has 0 spiro atoms. The normalized spacial score (nSPS) is 10.6. The number of hydrogen-bond donors (Lipinski definition) is 1. The third-order valence-electron chi connectivity index (χ3n) is 3.66. The lowest BCUT2D eigenvalue weighted by atomic mass is 10.2. The highest BCUT2D eigenvalue weighted by Gasteiger charge is 2.13. The van der Waals surface area contributed by atoms with Crippen LogP contribution in [0.2, 0.25) is 0 Å². The van der Waals surface area contributed by atoms with Crippen LogP contribution in [0.1, 0.15) is 10.4 Å². The van der Waals surface area contributed by atoms with Crippen LogP contribution in [0.25, 0.3) is 10.9 Å². The van der Waals surface area contributed by atoms with Crippen LogP contribution in [0.15, 0.2) is 48.7 Å². The second-order valence-electron chi connectivity index (χ2n) is 5.35. The van der Waals surface area contributed by atoms with Crippen LogP contribution >= 0.6 is 0 Å². The molecule has 126 valence electrons. The van der Waals surface area contributed by atoms with Gasteiger partial charge in [0.05, 0.1) is 4.92 Å². The van der Waals surface area contributed by atoms with Crippen molar-refractivity contribution in [1.82, 2.24) is 4.57 Å². The Morgan fingerprint density at radius 3 is 2.80 bits per heavy atom. The zero-order valence-corrected chi connectivity index (χ0v) is 12.8. The molecule has 1 N–H and O–H groups in total. The van der Waals surface area contributed by atoms with Crippen LogP contribution < -0.4 is 5.32 Å². The lowest BCUT2D eigenvalue weighted by molar-refractivity contribution is -0.384. The zero-order chi connectivity index (χ0) is 18.0. The van der Waals surface area contributed by atoms with E-state index in [4.69, 9.17) is 0 Å². The molecule has 3 rings (SSSR count). The van der Waals surface area contributed by atoms with Gasteiger partial charge in [-0.1, -0.05) is 6.07 Å². The molecule has 1 amide bonds. The molecule has 0 aliphatic heterocycles. The lowest BCUT2D eigenvalue weighted by Gasteiger charge is -2.07. The molecule has 0 saturated heterocycles. The first-order chi connectivity index (χ1) is 12.0. The van der Waals surface area contributed by atoms with Crippen molar-refractivity contribution in [1.29, 1.82) is 0 Å². The van der Waals surface area contributed by atoms with Gasteiger partial charge in [0.2, 0.25) is 5.91 Å². The van der Waals surface area contributed by atoms with Gasteiger partial charge in [-0.3, -0.25) is 19.7 Å². The van der Waals surface area contributed by atoms with E-state index in [9.17, 15) is 24.1 Å². The standard InChI is InChI=1S/C17H12FN3O4/c18-12-4-5-16-15(6-12)11(10-22)8-20(16)9-17(23)19-13-2-1-3-14(7-13)21(24)25/h1-8,10H,9H2,(H,19,23). The number of hydrogen-bond acceptors (Lipinski definition) is 4. The van der Waals surface area contributed by atoms with Gasteiger partial charge in [-0.15, -0.1) is 0 Å². The van der Waals surface area contributed by atoms with Crippen LogP contribution in [0.5, 0.6) is 0 Å². The van der Waals surface area contributed by atoms with Gasteiger partial charge in [0, 0.05) is 40.5 Å². The van der Waals surface area contributed by atoms with Crippen molar-refractivity contribution < 1.29 is 18.9 Å². The summed E-state index contributed by atoms with van der Waals surface area (Å²) in [6, 6.07) is 9.52. The Labute approximate surface area is 140 Å². The maximum Gasteiger partial charge on any atom is 0.271 e. The average molecular weight is 341 g/mol. The van der Waals surface area contributed by atoms with E-state index < -0.39 is 16.6 Å². The lowest BCUT2D eigenvalue weighted by Crippen LogP contribution is -2.18. The number of nitro groups is 1. The summed E-state index contributed by atoms with van der Waals surface area (Å²) in [5.41, 5.74) is 0.968. The highest BCUT2D eigenvalue weighted by molar-refractivity contribution is 5.99. The number of rotatable bonds is 5. The molecule has 0 aliphatic carbocycles. The van der Waals surface area contributed by atoms with E-state index >= 15 is 0 Å². The van der Waals surface area contributed by atoms with Crippen molar-refractivity contribution in [2.24, 2.45) is 0 Å². The maximum absolute atomic E-state index is 13.4. The van der Waals surface area contributed by atoms with Crippen molar-refractivity contribution in [3.8, 4) is 0 Å². The largest absolute Gasteiger partial charge is 0.337 e. The Hall–Kier alpha value is -3.55. The van der Waals surface area contributed by atoms with E-state index in [1.54, 1.807) is 0 Å².